The molecule has 4 rings (SSSR count). The minimum Gasteiger partial charge on any atom is -0.457 e. The Hall–Kier alpha value is -2.53. The van der Waals surface area contributed by atoms with Gasteiger partial charge in [0.25, 0.3) is 5.91 Å². The van der Waals surface area contributed by atoms with Crippen molar-refractivity contribution >= 4 is 58.2 Å². The standard InChI is InChI=1S/C21H13Cl3N2O2/c1-12-17(21(27)26(25-12)14-5-2-4-13(22)10-14)11-15-8-9-19(28-15)16-6-3-7-18(23)20(16)24/h2-11H,1H3/b17-11-. The first kappa shape index (κ1) is 18.8. The number of anilines is 1. The van der Waals surface area contributed by atoms with E-state index in [0.717, 1.165) is 0 Å². The van der Waals surface area contributed by atoms with Gasteiger partial charge in [0.05, 0.1) is 27.0 Å². The van der Waals surface area contributed by atoms with E-state index in [1.807, 2.05) is 6.07 Å². The lowest BCUT2D eigenvalue weighted by Gasteiger charge is -2.11. The van der Waals surface area contributed by atoms with Gasteiger partial charge in [-0.25, -0.2) is 0 Å². The number of rotatable bonds is 3. The van der Waals surface area contributed by atoms with E-state index in [0.29, 0.717) is 49.1 Å². The molecule has 2 aromatic carbocycles. The third-order valence-corrected chi connectivity index (χ3v) is 5.30. The van der Waals surface area contributed by atoms with Crippen LogP contribution in [0.25, 0.3) is 17.4 Å². The molecule has 3 aromatic rings. The molecule has 0 bridgehead atoms. The van der Waals surface area contributed by atoms with Crippen LogP contribution in [0.5, 0.6) is 0 Å². The number of benzene rings is 2. The highest BCUT2D eigenvalue weighted by Crippen LogP contribution is 2.35. The molecule has 0 N–H and O–H groups in total. The van der Waals surface area contributed by atoms with Crippen molar-refractivity contribution in [1.82, 2.24) is 0 Å². The summed E-state index contributed by atoms with van der Waals surface area (Å²) >= 11 is 18.3. The molecule has 7 heteroatoms. The molecule has 0 radical (unpaired) electrons. The number of amides is 1. The normalized spacial score (nSPS) is 15.4. The van der Waals surface area contributed by atoms with E-state index >= 15 is 0 Å². The first-order chi connectivity index (χ1) is 13.4. The summed E-state index contributed by atoms with van der Waals surface area (Å²) in [6, 6.07) is 15.8. The Bertz CT molecular complexity index is 1150. The van der Waals surface area contributed by atoms with Gasteiger partial charge < -0.3 is 4.42 Å². The fourth-order valence-electron chi connectivity index (χ4n) is 2.88. The Morgan fingerprint density at radius 3 is 2.61 bits per heavy atom. The SMILES string of the molecule is CC1=NN(c2cccc(Cl)c2)C(=O)/C1=C\c1ccc(-c2cccc(Cl)c2Cl)o1. The summed E-state index contributed by atoms with van der Waals surface area (Å²) in [7, 11) is 0. The van der Waals surface area contributed by atoms with Crippen LogP contribution in [0, 0.1) is 0 Å². The molecule has 140 valence electrons. The lowest BCUT2D eigenvalue weighted by molar-refractivity contribution is -0.114. The van der Waals surface area contributed by atoms with Gasteiger partial charge in [-0.2, -0.15) is 10.1 Å². The average molecular weight is 432 g/mol. The molecule has 0 fully saturated rings. The van der Waals surface area contributed by atoms with E-state index in [1.165, 1.54) is 5.01 Å². The van der Waals surface area contributed by atoms with Gasteiger partial charge in [-0.1, -0.05) is 46.9 Å². The Morgan fingerprint density at radius 1 is 1.04 bits per heavy atom. The van der Waals surface area contributed by atoms with Crippen molar-refractivity contribution in [3.05, 3.63) is 81.0 Å². The van der Waals surface area contributed by atoms with Crippen molar-refractivity contribution in [2.75, 3.05) is 5.01 Å². The Labute approximate surface area is 176 Å². The molecular formula is C21H13Cl3N2O2. The van der Waals surface area contributed by atoms with Crippen LogP contribution in [-0.4, -0.2) is 11.6 Å². The molecule has 0 saturated heterocycles. The average Bonchev–Trinajstić information content (AvgIpc) is 3.24. The molecule has 28 heavy (non-hydrogen) atoms. The molecule has 1 amide bonds. The molecule has 1 aliphatic heterocycles. The maximum atomic E-state index is 12.8. The first-order valence-corrected chi connectivity index (χ1v) is 9.49. The molecular weight excluding hydrogens is 419 g/mol. The molecule has 0 saturated carbocycles. The van der Waals surface area contributed by atoms with Crippen LogP contribution in [0.2, 0.25) is 15.1 Å². The van der Waals surface area contributed by atoms with Crippen molar-refractivity contribution in [2.45, 2.75) is 6.92 Å². The molecule has 0 spiro atoms. The summed E-state index contributed by atoms with van der Waals surface area (Å²) in [4.78, 5) is 12.8. The number of furan rings is 1. The zero-order chi connectivity index (χ0) is 19.8. The summed E-state index contributed by atoms with van der Waals surface area (Å²) in [5.74, 6) is 0.821. The van der Waals surface area contributed by atoms with E-state index in [-0.39, 0.29) is 5.91 Å². The van der Waals surface area contributed by atoms with Crippen LogP contribution in [0.1, 0.15) is 12.7 Å². The summed E-state index contributed by atoms with van der Waals surface area (Å²) in [6.07, 6.45) is 1.66. The molecule has 0 aliphatic carbocycles. The summed E-state index contributed by atoms with van der Waals surface area (Å²) in [6.45, 7) is 1.77. The molecule has 0 unspecified atom stereocenters. The topological polar surface area (TPSA) is 45.8 Å². The predicted molar refractivity (Wildman–Crippen MR) is 114 cm³/mol. The third-order valence-electron chi connectivity index (χ3n) is 4.25. The number of nitrogens with zero attached hydrogens (tertiary/aromatic N) is 2. The maximum absolute atomic E-state index is 12.8. The van der Waals surface area contributed by atoms with Gasteiger partial charge in [-0.3, -0.25) is 4.79 Å². The zero-order valence-corrected chi connectivity index (χ0v) is 16.9. The molecule has 2 heterocycles. The lowest BCUT2D eigenvalue weighted by atomic mass is 10.1. The fraction of sp³-hybridized carbons (Fsp3) is 0.0476. The predicted octanol–water partition coefficient (Wildman–Crippen LogP) is 6.71. The van der Waals surface area contributed by atoms with Crippen LogP contribution >= 0.6 is 34.8 Å². The minimum absolute atomic E-state index is 0.251. The van der Waals surface area contributed by atoms with Crippen molar-refractivity contribution in [2.24, 2.45) is 5.10 Å². The Balaban J connectivity index is 1.65. The van der Waals surface area contributed by atoms with Gasteiger partial charge in [0.2, 0.25) is 0 Å². The summed E-state index contributed by atoms with van der Waals surface area (Å²) in [5, 5.41) is 7.06. The largest absolute Gasteiger partial charge is 0.457 e. The lowest BCUT2D eigenvalue weighted by Crippen LogP contribution is -2.21. The van der Waals surface area contributed by atoms with Crippen LogP contribution < -0.4 is 5.01 Å². The van der Waals surface area contributed by atoms with Gasteiger partial charge in [0.1, 0.15) is 11.5 Å². The number of carbonyl (C=O) groups excluding carboxylic acids is 1. The van der Waals surface area contributed by atoms with Gasteiger partial charge in [0.15, 0.2) is 0 Å². The fourth-order valence-corrected chi connectivity index (χ4v) is 3.46. The maximum Gasteiger partial charge on any atom is 0.280 e. The summed E-state index contributed by atoms with van der Waals surface area (Å²) < 4.78 is 5.86. The highest BCUT2D eigenvalue weighted by molar-refractivity contribution is 6.43. The highest BCUT2D eigenvalue weighted by Gasteiger charge is 2.29. The first-order valence-electron chi connectivity index (χ1n) is 8.35. The van der Waals surface area contributed by atoms with Crippen LogP contribution in [0.4, 0.5) is 5.69 Å². The molecule has 1 aliphatic rings. The van der Waals surface area contributed by atoms with E-state index in [4.69, 9.17) is 39.2 Å². The zero-order valence-electron chi connectivity index (χ0n) is 14.6. The monoisotopic (exact) mass is 430 g/mol. The van der Waals surface area contributed by atoms with E-state index in [2.05, 4.69) is 5.10 Å². The van der Waals surface area contributed by atoms with Gasteiger partial charge in [0, 0.05) is 10.6 Å². The smallest absolute Gasteiger partial charge is 0.280 e. The van der Waals surface area contributed by atoms with Crippen LogP contribution in [-0.2, 0) is 4.79 Å². The van der Waals surface area contributed by atoms with Crippen molar-refractivity contribution in [3.63, 3.8) is 0 Å². The minimum atomic E-state index is -0.251. The van der Waals surface area contributed by atoms with Crippen LogP contribution in [0.3, 0.4) is 0 Å². The van der Waals surface area contributed by atoms with Crippen molar-refractivity contribution in [3.8, 4) is 11.3 Å². The molecule has 1 aromatic heterocycles. The van der Waals surface area contributed by atoms with Crippen molar-refractivity contribution < 1.29 is 9.21 Å². The number of hydrogen-bond acceptors (Lipinski definition) is 3. The van der Waals surface area contributed by atoms with Crippen LogP contribution in [0.15, 0.2) is 69.7 Å². The highest BCUT2D eigenvalue weighted by atomic mass is 35.5. The quantitative estimate of drug-likeness (QED) is 0.432. The second-order valence-corrected chi connectivity index (χ2v) is 7.37. The number of hydrazone groups is 1. The molecule has 4 nitrogen and oxygen atoms in total. The van der Waals surface area contributed by atoms with E-state index in [9.17, 15) is 4.79 Å². The Kier molecular flexibility index (Phi) is 5.02. The van der Waals surface area contributed by atoms with Gasteiger partial charge in [-0.15, -0.1) is 0 Å². The summed E-state index contributed by atoms with van der Waals surface area (Å²) in [5.41, 5.74) is 2.32. The van der Waals surface area contributed by atoms with E-state index < -0.39 is 0 Å². The van der Waals surface area contributed by atoms with Gasteiger partial charge in [-0.05, 0) is 55.5 Å². The second kappa shape index (κ2) is 7.47. The van der Waals surface area contributed by atoms with E-state index in [1.54, 1.807) is 61.5 Å². The van der Waals surface area contributed by atoms with Gasteiger partial charge >= 0.3 is 0 Å². The third kappa shape index (κ3) is 3.47. The number of hydrogen-bond donors (Lipinski definition) is 0. The van der Waals surface area contributed by atoms with Crippen molar-refractivity contribution in [1.29, 1.82) is 0 Å². The number of halogens is 3. The molecule has 0 atom stereocenters. The second-order valence-electron chi connectivity index (χ2n) is 6.14. The number of carbonyl (C=O) groups is 1. The Morgan fingerprint density at radius 2 is 1.82 bits per heavy atom.